The van der Waals surface area contributed by atoms with E-state index in [0.29, 0.717) is 12.6 Å². The van der Waals surface area contributed by atoms with E-state index in [1.54, 1.807) is 6.07 Å². The van der Waals surface area contributed by atoms with Gasteiger partial charge < -0.3 is 10.1 Å². The van der Waals surface area contributed by atoms with Gasteiger partial charge in [0.15, 0.2) is 0 Å². The third-order valence-electron chi connectivity index (χ3n) is 2.55. The molecule has 0 heterocycles. The zero-order valence-electron chi connectivity index (χ0n) is 11.3. The molecule has 0 aliphatic carbocycles. The van der Waals surface area contributed by atoms with Crippen molar-refractivity contribution in [2.75, 3.05) is 13.2 Å². The Hall–Kier alpha value is -1.23. The van der Waals surface area contributed by atoms with Crippen molar-refractivity contribution in [3.8, 4) is 5.75 Å². The minimum absolute atomic E-state index is 0.270. The van der Waals surface area contributed by atoms with E-state index in [2.05, 4.69) is 19.2 Å². The topological polar surface area (TPSA) is 21.3 Å². The van der Waals surface area contributed by atoms with Gasteiger partial charge in [-0.3, -0.25) is 0 Å². The molecule has 0 amide bonds. The lowest BCUT2D eigenvalue weighted by Gasteiger charge is -2.11. The number of hydrogen-bond donors (Lipinski definition) is 1. The molecule has 19 heavy (non-hydrogen) atoms. The molecule has 0 unspecified atom stereocenters. The first-order valence-electron chi connectivity index (χ1n) is 6.43. The second-order valence-corrected chi connectivity index (χ2v) is 4.69. The van der Waals surface area contributed by atoms with Crippen LogP contribution in [0, 0.1) is 0 Å². The van der Waals surface area contributed by atoms with E-state index in [4.69, 9.17) is 4.74 Å². The molecule has 2 nitrogen and oxygen atoms in total. The monoisotopic (exact) mass is 275 g/mol. The van der Waals surface area contributed by atoms with Crippen LogP contribution in [-0.2, 0) is 6.18 Å². The van der Waals surface area contributed by atoms with Gasteiger partial charge >= 0.3 is 6.18 Å². The number of nitrogens with one attached hydrogen (secondary N) is 1. The molecule has 1 rings (SSSR count). The van der Waals surface area contributed by atoms with E-state index in [0.717, 1.165) is 31.5 Å². The normalized spacial score (nSPS) is 11.9. The van der Waals surface area contributed by atoms with Gasteiger partial charge in [-0.1, -0.05) is 19.9 Å². The van der Waals surface area contributed by atoms with Crippen LogP contribution in [0.3, 0.4) is 0 Å². The van der Waals surface area contributed by atoms with Crippen molar-refractivity contribution >= 4 is 0 Å². The van der Waals surface area contributed by atoms with Crippen LogP contribution in [0.15, 0.2) is 24.3 Å². The fourth-order valence-corrected chi connectivity index (χ4v) is 1.57. The molecule has 1 N–H and O–H groups in total. The third-order valence-corrected chi connectivity index (χ3v) is 2.55. The summed E-state index contributed by atoms with van der Waals surface area (Å²) in [5, 5.41) is 3.27. The van der Waals surface area contributed by atoms with Crippen LogP contribution in [0.25, 0.3) is 0 Å². The molecule has 0 aromatic heterocycles. The van der Waals surface area contributed by atoms with Gasteiger partial charge in [0.25, 0.3) is 0 Å². The van der Waals surface area contributed by atoms with E-state index >= 15 is 0 Å². The molecule has 0 saturated heterocycles. The number of halogens is 3. The summed E-state index contributed by atoms with van der Waals surface area (Å²) < 4.78 is 42.7. The summed E-state index contributed by atoms with van der Waals surface area (Å²) in [6.45, 7) is 5.46. The fourth-order valence-electron chi connectivity index (χ4n) is 1.57. The zero-order chi connectivity index (χ0) is 14.3. The maximum atomic E-state index is 12.5. The van der Waals surface area contributed by atoms with Crippen LogP contribution in [0.4, 0.5) is 13.2 Å². The molecule has 5 heteroatoms. The summed E-state index contributed by atoms with van der Waals surface area (Å²) in [6, 6.07) is 5.43. The first kappa shape index (κ1) is 15.8. The van der Waals surface area contributed by atoms with E-state index in [1.807, 2.05) is 0 Å². The summed E-state index contributed by atoms with van der Waals surface area (Å²) in [5.74, 6) is 0.270. The van der Waals surface area contributed by atoms with Crippen LogP contribution in [0.1, 0.15) is 32.3 Å². The number of rotatable bonds is 7. The van der Waals surface area contributed by atoms with Gasteiger partial charge in [-0.2, -0.15) is 13.2 Å². The van der Waals surface area contributed by atoms with Crippen LogP contribution < -0.4 is 10.1 Å². The van der Waals surface area contributed by atoms with Gasteiger partial charge in [-0.25, -0.2) is 0 Å². The molecule has 1 aromatic carbocycles. The Morgan fingerprint density at radius 2 is 1.95 bits per heavy atom. The lowest BCUT2D eigenvalue weighted by atomic mass is 10.2. The summed E-state index contributed by atoms with van der Waals surface area (Å²) in [7, 11) is 0. The quantitative estimate of drug-likeness (QED) is 0.763. The standard InChI is InChI=1S/C14H20F3NO/c1-11(2)18-8-3-4-9-19-13-7-5-6-12(10-13)14(15,16)17/h5-7,10-11,18H,3-4,8-9H2,1-2H3. The van der Waals surface area contributed by atoms with Crippen molar-refractivity contribution in [1.82, 2.24) is 5.32 Å². The first-order chi connectivity index (χ1) is 8.89. The molecule has 0 fully saturated rings. The van der Waals surface area contributed by atoms with Gasteiger partial charge in [0.05, 0.1) is 12.2 Å². The van der Waals surface area contributed by atoms with E-state index in [1.165, 1.54) is 6.07 Å². The molecule has 0 aliphatic rings. The predicted molar refractivity (Wildman–Crippen MR) is 69.3 cm³/mol. The summed E-state index contributed by atoms with van der Waals surface area (Å²) >= 11 is 0. The zero-order valence-corrected chi connectivity index (χ0v) is 11.3. The van der Waals surface area contributed by atoms with Crippen LogP contribution >= 0.6 is 0 Å². The van der Waals surface area contributed by atoms with Gasteiger partial charge in [-0.15, -0.1) is 0 Å². The number of hydrogen-bond acceptors (Lipinski definition) is 2. The first-order valence-corrected chi connectivity index (χ1v) is 6.43. The maximum Gasteiger partial charge on any atom is 0.416 e. The summed E-state index contributed by atoms with van der Waals surface area (Å²) in [4.78, 5) is 0. The summed E-state index contributed by atoms with van der Waals surface area (Å²) in [6.07, 6.45) is -2.56. The lowest BCUT2D eigenvalue weighted by molar-refractivity contribution is -0.137. The van der Waals surface area contributed by atoms with E-state index in [-0.39, 0.29) is 5.75 Å². The molecule has 0 bridgehead atoms. The van der Waals surface area contributed by atoms with E-state index < -0.39 is 11.7 Å². The van der Waals surface area contributed by atoms with Crippen LogP contribution in [0.2, 0.25) is 0 Å². The fraction of sp³-hybridized carbons (Fsp3) is 0.571. The second-order valence-electron chi connectivity index (χ2n) is 4.69. The largest absolute Gasteiger partial charge is 0.494 e. The van der Waals surface area contributed by atoms with Gasteiger partial charge in [0, 0.05) is 6.04 Å². The van der Waals surface area contributed by atoms with Crippen molar-refractivity contribution in [3.63, 3.8) is 0 Å². The average Bonchev–Trinajstić information content (AvgIpc) is 2.32. The molecule has 0 saturated carbocycles. The lowest BCUT2D eigenvalue weighted by Crippen LogP contribution is -2.23. The Bertz CT molecular complexity index is 377. The summed E-state index contributed by atoms with van der Waals surface area (Å²) in [5.41, 5.74) is -0.675. The predicted octanol–water partition coefficient (Wildman–Crippen LogP) is 3.86. The van der Waals surface area contributed by atoms with Gasteiger partial charge in [0.1, 0.15) is 5.75 Å². The molecular formula is C14H20F3NO. The molecule has 1 aromatic rings. The highest BCUT2D eigenvalue weighted by molar-refractivity contribution is 5.30. The van der Waals surface area contributed by atoms with Crippen LogP contribution in [0.5, 0.6) is 5.75 Å². The minimum atomic E-state index is -4.32. The Balaban J connectivity index is 2.30. The molecular weight excluding hydrogens is 255 g/mol. The third kappa shape index (κ3) is 6.47. The second kappa shape index (κ2) is 7.38. The Kier molecular flexibility index (Phi) is 6.15. The van der Waals surface area contributed by atoms with Crippen molar-refractivity contribution in [1.29, 1.82) is 0 Å². The van der Waals surface area contributed by atoms with Crippen molar-refractivity contribution in [2.24, 2.45) is 0 Å². The highest BCUT2D eigenvalue weighted by Gasteiger charge is 2.30. The minimum Gasteiger partial charge on any atom is -0.494 e. The molecule has 0 spiro atoms. The van der Waals surface area contributed by atoms with E-state index in [9.17, 15) is 13.2 Å². The van der Waals surface area contributed by atoms with Gasteiger partial charge in [0.2, 0.25) is 0 Å². The number of unbranched alkanes of at least 4 members (excludes halogenated alkanes) is 1. The number of ether oxygens (including phenoxy) is 1. The SMILES string of the molecule is CC(C)NCCCCOc1cccc(C(F)(F)F)c1. The van der Waals surface area contributed by atoms with Crippen molar-refractivity contribution in [2.45, 2.75) is 38.9 Å². The molecule has 0 aliphatic heterocycles. The van der Waals surface area contributed by atoms with Crippen LogP contribution in [-0.4, -0.2) is 19.2 Å². The van der Waals surface area contributed by atoms with Gasteiger partial charge in [-0.05, 0) is 37.6 Å². The highest BCUT2D eigenvalue weighted by Crippen LogP contribution is 2.31. The van der Waals surface area contributed by atoms with Crippen molar-refractivity contribution < 1.29 is 17.9 Å². The Morgan fingerprint density at radius 3 is 2.58 bits per heavy atom. The number of alkyl halides is 3. The molecule has 0 radical (unpaired) electrons. The number of benzene rings is 1. The smallest absolute Gasteiger partial charge is 0.416 e. The Labute approximate surface area is 112 Å². The maximum absolute atomic E-state index is 12.5. The average molecular weight is 275 g/mol. The van der Waals surface area contributed by atoms with Crippen molar-refractivity contribution in [3.05, 3.63) is 29.8 Å². The highest BCUT2D eigenvalue weighted by atomic mass is 19.4. The Morgan fingerprint density at radius 1 is 1.21 bits per heavy atom. The molecule has 108 valence electrons. The molecule has 0 atom stereocenters.